The third kappa shape index (κ3) is 4.09. The number of para-hydroxylation sites is 1. The minimum atomic E-state index is -3.93. The van der Waals surface area contributed by atoms with Crippen molar-refractivity contribution in [3.05, 3.63) is 78.9 Å². The van der Waals surface area contributed by atoms with Gasteiger partial charge in [-0.2, -0.15) is 8.42 Å². The maximum atomic E-state index is 12.7. The Morgan fingerprint density at radius 2 is 1.33 bits per heavy atom. The van der Waals surface area contributed by atoms with Crippen molar-refractivity contribution in [2.24, 2.45) is 0 Å². The Balaban J connectivity index is 0.00000208. The molecule has 1 unspecified atom stereocenters. The second-order valence-corrected chi connectivity index (χ2v) is 7.07. The van der Waals surface area contributed by atoms with E-state index in [1.54, 1.807) is 42.5 Å². The molecule has 0 fully saturated rings. The standard InChI is InChI=1S/C18H15O3PS.Li.H/c19-23(20,21-15-10-5-2-6-11-15)17-13-7-12-16(22)18(17)14-8-3-1-4-9-14;;/h1-13H,22H2;;. The predicted octanol–water partition coefficient (Wildman–Crippen LogP) is 2.97. The van der Waals surface area contributed by atoms with E-state index >= 15 is 0 Å². The summed E-state index contributed by atoms with van der Waals surface area (Å²) in [7, 11) is -1.35. The van der Waals surface area contributed by atoms with Crippen LogP contribution < -0.4 is 9.49 Å². The van der Waals surface area contributed by atoms with Crippen LogP contribution in [0, 0.1) is 0 Å². The minimum absolute atomic E-state index is 0. The molecule has 0 aromatic heterocycles. The molecule has 0 bridgehead atoms. The van der Waals surface area contributed by atoms with E-state index in [-0.39, 0.29) is 23.8 Å². The quantitative estimate of drug-likeness (QED) is 0.413. The molecule has 24 heavy (non-hydrogen) atoms. The average Bonchev–Trinajstić information content (AvgIpc) is 2.56. The van der Waals surface area contributed by atoms with Crippen LogP contribution in [0.25, 0.3) is 11.1 Å². The molecule has 3 aromatic carbocycles. The molecular weight excluding hydrogens is 334 g/mol. The normalized spacial score (nSPS) is 10.7. The molecule has 0 aliphatic heterocycles. The third-order valence-corrected chi connectivity index (χ3v) is 5.11. The summed E-state index contributed by atoms with van der Waals surface area (Å²) >= 11 is 0. The molecule has 6 heteroatoms. The van der Waals surface area contributed by atoms with Crippen LogP contribution in [0.5, 0.6) is 5.75 Å². The summed E-state index contributed by atoms with van der Waals surface area (Å²) in [6.45, 7) is 0. The third-order valence-electron chi connectivity index (χ3n) is 3.34. The zero-order chi connectivity index (χ0) is 16.3. The van der Waals surface area contributed by atoms with Crippen LogP contribution in [-0.2, 0) is 10.1 Å². The fourth-order valence-corrected chi connectivity index (χ4v) is 4.04. The van der Waals surface area contributed by atoms with Gasteiger partial charge in [0.1, 0.15) is 10.6 Å². The first kappa shape index (κ1) is 18.8. The molecule has 0 radical (unpaired) electrons. The first-order valence-corrected chi connectivity index (χ1v) is 9.00. The predicted molar refractivity (Wildman–Crippen MR) is 103 cm³/mol. The van der Waals surface area contributed by atoms with Crippen molar-refractivity contribution < 1.29 is 12.6 Å². The number of hydrogen-bond donors (Lipinski definition) is 0. The van der Waals surface area contributed by atoms with Crippen molar-refractivity contribution in [3.63, 3.8) is 0 Å². The SMILES string of the molecule is O=S(=O)(Oc1ccccc1)c1cccc(P)c1-c1ccccc1.[LiH]. The van der Waals surface area contributed by atoms with Gasteiger partial charge < -0.3 is 4.18 Å². The van der Waals surface area contributed by atoms with Crippen LogP contribution in [-0.4, -0.2) is 27.3 Å². The van der Waals surface area contributed by atoms with Crippen molar-refractivity contribution in [3.8, 4) is 16.9 Å². The first-order chi connectivity index (χ1) is 11.1. The molecule has 0 amide bonds. The molecule has 0 aliphatic carbocycles. The van der Waals surface area contributed by atoms with E-state index in [2.05, 4.69) is 9.24 Å². The van der Waals surface area contributed by atoms with Gasteiger partial charge in [0.15, 0.2) is 0 Å². The van der Waals surface area contributed by atoms with Gasteiger partial charge in [-0.05, 0) is 29.1 Å². The van der Waals surface area contributed by atoms with Crippen molar-refractivity contribution >= 4 is 43.5 Å². The van der Waals surface area contributed by atoms with Gasteiger partial charge in [0.2, 0.25) is 0 Å². The zero-order valence-corrected chi connectivity index (χ0v) is 14.2. The second kappa shape index (κ2) is 8.01. The van der Waals surface area contributed by atoms with Gasteiger partial charge in [-0.25, -0.2) is 0 Å². The molecule has 0 saturated carbocycles. The van der Waals surface area contributed by atoms with Crippen LogP contribution in [0.1, 0.15) is 0 Å². The maximum absolute atomic E-state index is 12.7. The van der Waals surface area contributed by atoms with Crippen LogP contribution >= 0.6 is 9.24 Å². The number of benzene rings is 3. The summed E-state index contributed by atoms with van der Waals surface area (Å²) in [5, 5.41) is 0.800. The Morgan fingerprint density at radius 1 is 0.750 bits per heavy atom. The summed E-state index contributed by atoms with van der Waals surface area (Å²) in [4.78, 5) is 0.153. The van der Waals surface area contributed by atoms with Gasteiger partial charge in [0, 0.05) is 5.56 Å². The summed E-state index contributed by atoms with van der Waals surface area (Å²) in [5.41, 5.74) is 1.46. The second-order valence-electron chi connectivity index (χ2n) is 4.94. The molecular formula is C18H16LiO3PS. The van der Waals surface area contributed by atoms with E-state index in [0.29, 0.717) is 11.3 Å². The number of hydrogen-bond acceptors (Lipinski definition) is 3. The molecule has 3 rings (SSSR count). The van der Waals surface area contributed by atoms with E-state index in [1.165, 1.54) is 0 Å². The molecule has 3 nitrogen and oxygen atoms in total. The Bertz CT molecular complexity index is 914. The fourth-order valence-electron chi connectivity index (χ4n) is 2.32. The molecule has 0 saturated heterocycles. The molecule has 1 atom stereocenters. The van der Waals surface area contributed by atoms with Crippen LogP contribution in [0.4, 0.5) is 0 Å². The van der Waals surface area contributed by atoms with E-state index < -0.39 is 10.1 Å². The average molecular weight is 350 g/mol. The van der Waals surface area contributed by atoms with Crippen LogP contribution in [0.3, 0.4) is 0 Å². The van der Waals surface area contributed by atoms with E-state index in [1.807, 2.05) is 36.4 Å². The molecule has 0 aliphatic rings. The summed E-state index contributed by atoms with van der Waals surface area (Å²) < 4.78 is 30.7. The van der Waals surface area contributed by atoms with E-state index in [4.69, 9.17) is 4.18 Å². The van der Waals surface area contributed by atoms with Gasteiger partial charge in [0.25, 0.3) is 0 Å². The van der Waals surface area contributed by atoms with Gasteiger partial charge >= 0.3 is 29.0 Å². The topological polar surface area (TPSA) is 43.4 Å². The first-order valence-electron chi connectivity index (χ1n) is 7.01. The van der Waals surface area contributed by atoms with E-state index in [9.17, 15) is 8.42 Å². The summed E-state index contributed by atoms with van der Waals surface area (Å²) in [6.07, 6.45) is 0. The van der Waals surface area contributed by atoms with Gasteiger partial charge in [-0.3, -0.25) is 0 Å². The Hall–Kier alpha value is -1.56. The van der Waals surface area contributed by atoms with Crippen molar-refractivity contribution in [1.82, 2.24) is 0 Å². The van der Waals surface area contributed by atoms with Crippen molar-refractivity contribution in [2.75, 3.05) is 0 Å². The fraction of sp³-hybridized carbons (Fsp3) is 0. The summed E-state index contributed by atoms with van der Waals surface area (Å²) in [6, 6.07) is 23.0. The summed E-state index contributed by atoms with van der Waals surface area (Å²) in [5.74, 6) is 0.292. The Morgan fingerprint density at radius 3 is 1.96 bits per heavy atom. The van der Waals surface area contributed by atoms with Gasteiger partial charge in [0.05, 0.1) is 0 Å². The zero-order valence-electron chi connectivity index (χ0n) is 12.2. The molecule has 118 valence electrons. The van der Waals surface area contributed by atoms with Crippen molar-refractivity contribution in [2.45, 2.75) is 4.90 Å². The van der Waals surface area contributed by atoms with Crippen LogP contribution in [0.2, 0.25) is 0 Å². The molecule has 0 N–H and O–H groups in total. The van der Waals surface area contributed by atoms with Gasteiger partial charge in [-0.15, -0.1) is 9.24 Å². The van der Waals surface area contributed by atoms with Crippen molar-refractivity contribution in [1.29, 1.82) is 0 Å². The molecule has 0 spiro atoms. The molecule has 0 heterocycles. The van der Waals surface area contributed by atoms with E-state index in [0.717, 1.165) is 10.9 Å². The molecule has 3 aromatic rings. The number of rotatable bonds is 4. The van der Waals surface area contributed by atoms with Gasteiger partial charge in [-0.1, -0.05) is 60.7 Å². The Labute approximate surface area is 156 Å². The monoisotopic (exact) mass is 350 g/mol. The van der Waals surface area contributed by atoms with Crippen LogP contribution in [0.15, 0.2) is 83.8 Å². The Kier molecular flexibility index (Phi) is 6.26.